The second kappa shape index (κ2) is 6.85. The summed E-state index contributed by atoms with van der Waals surface area (Å²) in [6.45, 7) is -0.796. The first-order valence-electron chi connectivity index (χ1n) is 7.00. The lowest BCUT2D eigenvalue weighted by Gasteiger charge is -2.43. The average Bonchev–Trinajstić information content (AvgIpc) is 2.57. The van der Waals surface area contributed by atoms with E-state index in [1.165, 1.54) is 18.2 Å². The van der Waals surface area contributed by atoms with Crippen LogP contribution >= 0.6 is 0 Å². The molecule has 132 valence electrons. The maximum Gasteiger partial charge on any atom is 0.260 e. The predicted octanol–water partition coefficient (Wildman–Crippen LogP) is -2.16. The quantitative estimate of drug-likeness (QED) is 0.238. The lowest BCUT2D eigenvalue weighted by Crippen LogP contribution is -2.67. The summed E-state index contributed by atoms with van der Waals surface area (Å²) < 4.78 is 4.87. The molecule has 2 rings (SSSR count). The van der Waals surface area contributed by atoms with E-state index in [9.17, 15) is 35.4 Å². The van der Waals surface area contributed by atoms with Crippen LogP contribution in [-0.4, -0.2) is 78.3 Å². The maximum absolute atomic E-state index is 12.2. The fourth-order valence-corrected chi connectivity index (χ4v) is 2.29. The van der Waals surface area contributed by atoms with E-state index < -0.39 is 48.3 Å². The molecule has 9 nitrogen and oxygen atoms in total. The number of ether oxygens (including phenoxy) is 1. The van der Waals surface area contributed by atoms with E-state index in [4.69, 9.17) is 9.84 Å². The highest BCUT2D eigenvalue weighted by molar-refractivity contribution is 5.99. The highest BCUT2D eigenvalue weighted by Crippen LogP contribution is 2.30. The van der Waals surface area contributed by atoms with Crippen LogP contribution in [0.5, 0.6) is 11.5 Å². The van der Waals surface area contributed by atoms with Gasteiger partial charge in [0.15, 0.2) is 11.5 Å². The van der Waals surface area contributed by atoms with Crippen molar-refractivity contribution >= 4 is 11.9 Å². The summed E-state index contributed by atoms with van der Waals surface area (Å²) in [7, 11) is 0. The number of phenolic OH excluding ortho intramolecular Hbond substituents is 2. The summed E-state index contributed by atoms with van der Waals surface area (Å²) in [6.07, 6.45) is -5.20. The molecule has 0 unspecified atom stereocenters. The molecule has 0 aromatic heterocycles. The Bertz CT molecular complexity index is 642. The van der Waals surface area contributed by atoms with Gasteiger partial charge < -0.3 is 40.5 Å². The summed E-state index contributed by atoms with van der Waals surface area (Å²) in [5.41, 5.74) is 0.298. The standard InChI is InChI=1S/C15H18O9/c16-6-10-12(20)13(21)14(22)15(23,24-10)11(19)4-2-7-1-3-8(17)9(18)5-7/h1-5,10,12-14,16-18,20-23H,6H2/b4-2+/t10-,12-,13+,14-,15-/m1/s1. The van der Waals surface area contributed by atoms with Crippen molar-refractivity contribution in [3.05, 3.63) is 29.8 Å². The van der Waals surface area contributed by atoms with Crippen molar-refractivity contribution in [2.45, 2.75) is 30.2 Å². The molecule has 9 heteroatoms. The average molecular weight is 342 g/mol. The molecule has 24 heavy (non-hydrogen) atoms. The molecule has 1 fully saturated rings. The van der Waals surface area contributed by atoms with Crippen molar-refractivity contribution in [1.82, 2.24) is 0 Å². The number of carbonyl (C=O) groups excluding carboxylic acids is 1. The fraction of sp³-hybridized carbons (Fsp3) is 0.400. The van der Waals surface area contributed by atoms with Crippen molar-refractivity contribution in [3.63, 3.8) is 0 Å². The van der Waals surface area contributed by atoms with E-state index >= 15 is 0 Å². The zero-order valence-corrected chi connectivity index (χ0v) is 12.4. The molecule has 1 aromatic carbocycles. The SMILES string of the molecule is O=C(/C=C/c1ccc(O)c(O)c1)[C@@]1(O)O[C@H](CO)[C@@H](O)[C@H](O)[C@H]1O. The van der Waals surface area contributed by atoms with E-state index in [0.717, 1.165) is 12.1 Å². The Morgan fingerprint density at radius 3 is 2.42 bits per heavy atom. The number of hydrogen-bond acceptors (Lipinski definition) is 9. The van der Waals surface area contributed by atoms with Crippen molar-refractivity contribution in [2.24, 2.45) is 0 Å². The number of rotatable bonds is 4. The topological polar surface area (TPSA) is 168 Å². The molecule has 0 saturated carbocycles. The Morgan fingerprint density at radius 1 is 1.17 bits per heavy atom. The second-order valence-corrected chi connectivity index (χ2v) is 5.41. The van der Waals surface area contributed by atoms with Gasteiger partial charge in [0, 0.05) is 0 Å². The lowest BCUT2D eigenvalue weighted by atomic mass is 9.90. The molecule has 1 aromatic rings. The molecule has 7 N–H and O–H groups in total. The third kappa shape index (κ3) is 3.26. The predicted molar refractivity (Wildman–Crippen MR) is 78.7 cm³/mol. The summed E-state index contributed by atoms with van der Waals surface area (Å²) in [4.78, 5) is 12.2. The van der Waals surface area contributed by atoms with E-state index in [0.29, 0.717) is 5.56 Å². The Hall–Kier alpha value is -2.01. The van der Waals surface area contributed by atoms with Gasteiger partial charge in [-0.15, -0.1) is 0 Å². The summed E-state index contributed by atoms with van der Waals surface area (Å²) in [6, 6.07) is 3.70. The van der Waals surface area contributed by atoms with Crippen LogP contribution in [0.3, 0.4) is 0 Å². The molecule has 1 heterocycles. The fourth-order valence-electron chi connectivity index (χ4n) is 2.29. The number of benzene rings is 1. The highest BCUT2D eigenvalue weighted by atomic mass is 16.7. The molecule has 1 aliphatic rings. The van der Waals surface area contributed by atoms with Crippen molar-refractivity contribution in [3.8, 4) is 11.5 Å². The van der Waals surface area contributed by atoms with Crippen LogP contribution in [-0.2, 0) is 9.53 Å². The third-order valence-electron chi connectivity index (χ3n) is 3.75. The molecule has 0 aliphatic carbocycles. The first-order valence-corrected chi connectivity index (χ1v) is 7.00. The van der Waals surface area contributed by atoms with E-state index in [1.807, 2.05) is 0 Å². The van der Waals surface area contributed by atoms with E-state index in [-0.39, 0.29) is 5.75 Å². The maximum atomic E-state index is 12.2. The van der Waals surface area contributed by atoms with Crippen LogP contribution < -0.4 is 0 Å². The van der Waals surface area contributed by atoms with Gasteiger partial charge in [0.2, 0.25) is 5.78 Å². The zero-order valence-electron chi connectivity index (χ0n) is 12.4. The van der Waals surface area contributed by atoms with Crippen LogP contribution in [0.25, 0.3) is 6.08 Å². The third-order valence-corrected chi connectivity index (χ3v) is 3.75. The molecule has 0 amide bonds. The highest BCUT2D eigenvalue weighted by Gasteiger charge is 2.56. The molecule has 1 saturated heterocycles. The molecular weight excluding hydrogens is 324 g/mol. The Kier molecular flexibility index (Phi) is 5.23. The molecule has 0 spiro atoms. The number of aliphatic hydroxyl groups excluding tert-OH is 4. The van der Waals surface area contributed by atoms with Gasteiger partial charge in [-0.3, -0.25) is 4.79 Å². The normalized spacial score (nSPS) is 33.7. The van der Waals surface area contributed by atoms with Gasteiger partial charge in [0.1, 0.15) is 24.4 Å². The second-order valence-electron chi connectivity index (χ2n) is 5.41. The first kappa shape index (κ1) is 18.3. The van der Waals surface area contributed by atoms with Gasteiger partial charge in [-0.1, -0.05) is 12.1 Å². The van der Waals surface area contributed by atoms with Crippen LogP contribution in [0.4, 0.5) is 0 Å². The number of phenols is 2. The number of hydrogen-bond donors (Lipinski definition) is 7. The first-order chi connectivity index (χ1) is 11.2. The van der Waals surface area contributed by atoms with Crippen molar-refractivity contribution < 1.29 is 45.3 Å². The minimum absolute atomic E-state index is 0.298. The molecule has 1 aliphatic heterocycles. The Balaban J connectivity index is 2.23. The van der Waals surface area contributed by atoms with Gasteiger partial charge >= 0.3 is 0 Å². The van der Waals surface area contributed by atoms with Crippen LogP contribution in [0.15, 0.2) is 24.3 Å². The van der Waals surface area contributed by atoms with Crippen LogP contribution in [0.2, 0.25) is 0 Å². The molecule has 5 atom stereocenters. The number of ketones is 1. The largest absolute Gasteiger partial charge is 0.504 e. The molecule has 0 bridgehead atoms. The molecule has 0 radical (unpaired) electrons. The lowest BCUT2D eigenvalue weighted by molar-refractivity contribution is -0.329. The smallest absolute Gasteiger partial charge is 0.260 e. The van der Waals surface area contributed by atoms with Gasteiger partial charge in [-0.2, -0.15) is 0 Å². The summed E-state index contributed by atoms with van der Waals surface area (Å²) in [5.74, 6) is -4.78. The minimum atomic E-state index is -2.86. The van der Waals surface area contributed by atoms with Gasteiger partial charge in [0.25, 0.3) is 5.79 Å². The zero-order chi connectivity index (χ0) is 18.1. The van der Waals surface area contributed by atoms with Crippen molar-refractivity contribution in [2.75, 3.05) is 6.61 Å². The monoisotopic (exact) mass is 342 g/mol. The van der Waals surface area contributed by atoms with Gasteiger partial charge in [-0.05, 0) is 23.8 Å². The molecular formula is C15H18O9. The van der Waals surface area contributed by atoms with Crippen molar-refractivity contribution in [1.29, 1.82) is 0 Å². The minimum Gasteiger partial charge on any atom is -0.504 e. The Morgan fingerprint density at radius 2 is 1.83 bits per heavy atom. The van der Waals surface area contributed by atoms with E-state index in [2.05, 4.69) is 0 Å². The number of carbonyl (C=O) groups is 1. The Labute approximate surface area is 136 Å². The number of aliphatic hydroxyl groups is 5. The summed E-state index contributed by atoms with van der Waals surface area (Å²) >= 11 is 0. The van der Waals surface area contributed by atoms with Crippen LogP contribution in [0, 0.1) is 0 Å². The van der Waals surface area contributed by atoms with Gasteiger partial charge in [-0.25, -0.2) is 0 Å². The van der Waals surface area contributed by atoms with E-state index in [1.54, 1.807) is 0 Å². The summed E-state index contributed by atoms with van der Waals surface area (Å²) in [5, 5.41) is 67.0. The van der Waals surface area contributed by atoms with Crippen LogP contribution in [0.1, 0.15) is 5.56 Å². The van der Waals surface area contributed by atoms with Gasteiger partial charge in [0.05, 0.1) is 6.61 Å². The number of aromatic hydroxyl groups is 2.